The number of rotatable bonds is 12. The molecule has 166 valence electrons. The maximum absolute atomic E-state index is 11.5. The molecule has 1 aromatic carbocycles. The molecule has 1 aliphatic rings. The number of esters is 1. The summed E-state index contributed by atoms with van der Waals surface area (Å²) < 4.78 is 16.3. The van der Waals surface area contributed by atoms with Gasteiger partial charge < -0.3 is 24.4 Å². The minimum Gasteiger partial charge on any atom is -0.491 e. The van der Waals surface area contributed by atoms with Gasteiger partial charge in [-0.15, -0.1) is 0 Å². The van der Waals surface area contributed by atoms with Crippen LogP contribution in [0.25, 0.3) is 0 Å². The lowest BCUT2D eigenvalue weighted by atomic mass is 9.94. The van der Waals surface area contributed by atoms with E-state index in [1.54, 1.807) is 12.2 Å². The van der Waals surface area contributed by atoms with Crippen LogP contribution in [0, 0.1) is 5.92 Å². The molecule has 2 rings (SSSR count). The van der Waals surface area contributed by atoms with Crippen LogP contribution in [-0.4, -0.2) is 53.8 Å². The first-order valence-corrected chi connectivity index (χ1v) is 10.6. The molecule has 0 unspecified atom stereocenters. The van der Waals surface area contributed by atoms with Crippen LogP contribution in [0.15, 0.2) is 54.6 Å². The monoisotopic (exact) mass is 418 g/mol. The molecule has 6 nitrogen and oxygen atoms in total. The Morgan fingerprint density at radius 3 is 2.77 bits per heavy atom. The summed E-state index contributed by atoms with van der Waals surface area (Å²) in [6, 6.07) is 9.33. The maximum atomic E-state index is 11.5. The van der Waals surface area contributed by atoms with Gasteiger partial charge >= 0.3 is 5.97 Å². The van der Waals surface area contributed by atoms with Gasteiger partial charge in [0.2, 0.25) is 0 Å². The summed E-state index contributed by atoms with van der Waals surface area (Å²) in [4.78, 5) is 11.5. The number of hydrogen-bond donors (Lipinski definition) is 2. The number of aliphatic hydroxyl groups excluding tert-OH is 2. The van der Waals surface area contributed by atoms with Gasteiger partial charge in [-0.3, -0.25) is 4.79 Å². The summed E-state index contributed by atoms with van der Waals surface area (Å²) in [6.45, 7) is 4.12. The van der Waals surface area contributed by atoms with E-state index in [2.05, 4.69) is 0 Å². The summed E-state index contributed by atoms with van der Waals surface area (Å²) in [7, 11) is 0. The van der Waals surface area contributed by atoms with Crippen molar-refractivity contribution in [2.24, 2.45) is 5.92 Å². The van der Waals surface area contributed by atoms with E-state index in [4.69, 9.17) is 14.2 Å². The second-order valence-electron chi connectivity index (χ2n) is 7.74. The molecule has 30 heavy (non-hydrogen) atoms. The molecule has 0 spiro atoms. The Labute approximate surface area is 179 Å². The molecule has 0 aromatic heterocycles. The highest BCUT2D eigenvalue weighted by Gasteiger charge is 2.33. The van der Waals surface area contributed by atoms with Crippen molar-refractivity contribution in [3.63, 3.8) is 0 Å². The zero-order chi connectivity index (χ0) is 21.8. The van der Waals surface area contributed by atoms with E-state index in [1.807, 2.05) is 56.3 Å². The van der Waals surface area contributed by atoms with E-state index in [0.717, 1.165) is 12.8 Å². The fourth-order valence-corrected chi connectivity index (χ4v) is 3.21. The van der Waals surface area contributed by atoms with Crippen LogP contribution in [0.5, 0.6) is 5.75 Å². The highest BCUT2D eigenvalue weighted by atomic mass is 16.5. The van der Waals surface area contributed by atoms with Crippen molar-refractivity contribution in [2.75, 3.05) is 13.2 Å². The van der Waals surface area contributed by atoms with Crippen molar-refractivity contribution in [2.45, 2.75) is 63.9 Å². The van der Waals surface area contributed by atoms with Gasteiger partial charge in [-0.1, -0.05) is 42.5 Å². The normalized spacial score (nSPS) is 22.8. The number of allylic oxidation sites excluding steroid dienone is 2. The van der Waals surface area contributed by atoms with Crippen molar-refractivity contribution in [3.05, 3.63) is 54.6 Å². The van der Waals surface area contributed by atoms with Gasteiger partial charge in [0.05, 0.1) is 24.9 Å². The Balaban J connectivity index is 1.70. The standard InChI is InChI=1S/C24H34O6/c1-18(2)30-24(27)13-9-4-3-8-12-21-22(26)17-29-23(21)15-14-19(25)16-28-20-10-6-5-7-11-20/h3,5-8,10-11,14-15,18-19,21-23,25-26H,4,9,12-13,16-17H2,1-2H3/b8-3-,15-14+/t19-,21-,22-,23+/m0/s1. The first kappa shape index (κ1) is 24.1. The summed E-state index contributed by atoms with van der Waals surface area (Å²) in [6.07, 6.45) is 8.48. The smallest absolute Gasteiger partial charge is 0.306 e. The highest BCUT2D eigenvalue weighted by molar-refractivity contribution is 5.69. The van der Waals surface area contributed by atoms with Crippen molar-refractivity contribution in [3.8, 4) is 5.75 Å². The second kappa shape index (κ2) is 13.2. The van der Waals surface area contributed by atoms with Gasteiger partial charge in [0.15, 0.2) is 0 Å². The second-order valence-corrected chi connectivity index (χ2v) is 7.74. The number of benzene rings is 1. The molecule has 1 saturated heterocycles. The zero-order valence-corrected chi connectivity index (χ0v) is 17.9. The molecule has 0 aliphatic carbocycles. The molecular weight excluding hydrogens is 384 g/mol. The van der Waals surface area contributed by atoms with Crippen LogP contribution in [-0.2, 0) is 14.3 Å². The van der Waals surface area contributed by atoms with Crippen LogP contribution < -0.4 is 4.74 Å². The van der Waals surface area contributed by atoms with E-state index < -0.39 is 12.2 Å². The number of hydrogen-bond acceptors (Lipinski definition) is 6. The molecular formula is C24H34O6. The summed E-state index contributed by atoms with van der Waals surface area (Å²) in [5.74, 6) is 0.474. The van der Waals surface area contributed by atoms with Crippen molar-refractivity contribution in [1.82, 2.24) is 0 Å². The molecule has 0 radical (unpaired) electrons. The van der Waals surface area contributed by atoms with Crippen LogP contribution in [0.4, 0.5) is 0 Å². The fraction of sp³-hybridized carbons (Fsp3) is 0.542. The molecule has 0 bridgehead atoms. The number of ether oxygens (including phenoxy) is 3. The van der Waals surface area contributed by atoms with Gasteiger partial charge in [0, 0.05) is 12.3 Å². The van der Waals surface area contributed by atoms with Gasteiger partial charge in [-0.25, -0.2) is 0 Å². The number of carbonyl (C=O) groups is 1. The predicted octanol–water partition coefficient (Wildman–Crippen LogP) is 3.43. The lowest BCUT2D eigenvalue weighted by molar-refractivity contribution is -0.147. The third-order valence-electron chi connectivity index (χ3n) is 4.76. The van der Waals surface area contributed by atoms with Gasteiger partial charge in [0.1, 0.15) is 18.5 Å². The van der Waals surface area contributed by atoms with E-state index >= 15 is 0 Å². The van der Waals surface area contributed by atoms with Crippen LogP contribution >= 0.6 is 0 Å². The fourth-order valence-electron chi connectivity index (χ4n) is 3.21. The average Bonchev–Trinajstić information content (AvgIpc) is 3.07. The zero-order valence-electron chi connectivity index (χ0n) is 17.9. The topological polar surface area (TPSA) is 85.2 Å². The van der Waals surface area contributed by atoms with Crippen LogP contribution in [0.1, 0.15) is 39.5 Å². The molecule has 1 fully saturated rings. The molecule has 6 heteroatoms. The molecule has 1 aliphatic heterocycles. The van der Waals surface area contributed by atoms with E-state index in [0.29, 0.717) is 18.6 Å². The van der Waals surface area contributed by atoms with Crippen molar-refractivity contribution in [1.29, 1.82) is 0 Å². The number of carbonyl (C=O) groups excluding carboxylic acids is 1. The van der Waals surface area contributed by atoms with E-state index in [1.165, 1.54) is 0 Å². The van der Waals surface area contributed by atoms with Crippen LogP contribution in [0.3, 0.4) is 0 Å². The molecule has 2 N–H and O–H groups in total. The minimum atomic E-state index is -0.756. The first-order valence-electron chi connectivity index (χ1n) is 10.6. The Hall–Kier alpha value is -2.15. The molecule has 0 saturated carbocycles. The van der Waals surface area contributed by atoms with Crippen molar-refractivity contribution >= 4 is 5.97 Å². The Kier molecular flexibility index (Phi) is 10.6. The highest BCUT2D eigenvalue weighted by Crippen LogP contribution is 2.26. The van der Waals surface area contributed by atoms with Gasteiger partial charge in [-0.2, -0.15) is 0 Å². The summed E-state index contributed by atoms with van der Waals surface area (Å²) in [5.41, 5.74) is 0. The Morgan fingerprint density at radius 2 is 2.03 bits per heavy atom. The minimum absolute atomic E-state index is 0.0642. The summed E-state index contributed by atoms with van der Waals surface area (Å²) in [5, 5.41) is 20.3. The summed E-state index contributed by atoms with van der Waals surface area (Å²) >= 11 is 0. The third-order valence-corrected chi connectivity index (χ3v) is 4.76. The van der Waals surface area contributed by atoms with E-state index in [9.17, 15) is 15.0 Å². The average molecular weight is 419 g/mol. The quantitative estimate of drug-likeness (QED) is 0.307. The largest absolute Gasteiger partial charge is 0.491 e. The Morgan fingerprint density at radius 1 is 1.27 bits per heavy atom. The van der Waals surface area contributed by atoms with Crippen molar-refractivity contribution < 1.29 is 29.2 Å². The lowest BCUT2D eigenvalue weighted by Crippen LogP contribution is -2.23. The molecule has 4 atom stereocenters. The third kappa shape index (κ3) is 9.11. The SMILES string of the molecule is CC(C)OC(=O)CCC/C=C\C[C@H]1[C@@H](O)CO[C@@H]1/C=C/[C@H](O)COc1ccccc1. The first-order chi connectivity index (χ1) is 14.5. The number of para-hydroxylation sites is 1. The lowest BCUT2D eigenvalue weighted by Gasteiger charge is -2.16. The molecule has 1 heterocycles. The van der Waals surface area contributed by atoms with Gasteiger partial charge in [-0.05, 0) is 45.2 Å². The number of aliphatic hydroxyl groups is 2. The Bertz CT molecular complexity index is 670. The van der Waals surface area contributed by atoms with Gasteiger partial charge in [0.25, 0.3) is 0 Å². The number of unbranched alkanes of at least 4 members (excludes halogenated alkanes) is 1. The molecule has 0 amide bonds. The van der Waals surface area contributed by atoms with Crippen LogP contribution in [0.2, 0.25) is 0 Å². The maximum Gasteiger partial charge on any atom is 0.306 e. The van der Waals surface area contributed by atoms with E-state index in [-0.39, 0.29) is 37.3 Å². The predicted molar refractivity (Wildman–Crippen MR) is 115 cm³/mol. The molecule has 1 aromatic rings.